The molecule has 2 aromatic rings. The summed E-state index contributed by atoms with van der Waals surface area (Å²) in [5, 5.41) is 4.36. The van der Waals surface area contributed by atoms with Gasteiger partial charge in [0.1, 0.15) is 11.0 Å². The van der Waals surface area contributed by atoms with Gasteiger partial charge in [-0.25, -0.2) is 4.98 Å². The van der Waals surface area contributed by atoms with Gasteiger partial charge in [0.05, 0.1) is 6.04 Å². The summed E-state index contributed by atoms with van der Waals surface area (Å²) in [6.45, 7) is 2.63. The van der Waals surface area contributed by atoms with E-state index in [0.717, 1.165) is 25.8 Å². The van der Waals surface area contributed by atoms with Crippen molar-refractivity contribution in [3.63, 3.8) is 0 Å². The number of halogens is 1. The number of nitrogen functional groups attached to an aromatic ring is 1. The molecule has 0 spiro atoms. The number of rotatable bonds is 2. The molecule has 1 atom stereocenters. The molecular formula is C12H15ClN6O. The average Bonchev–Trinajstić information content (AvgIpc) is 2.84. The minimum atomic E-state index is 0.0339. The Labute approximate surface area is 121 Å². The van der Waals surface area contributed by atoms with Gasteiger partial charge in [-0.2, -0.15) is 9.97 Å². The van der Waals surface area contributed by atoms with Crippen LogP contribution in [0.4, 0.5) is 11.8 Å². The third kappa shape index (κ3) is 2.53. The number of aryl methyl sites for hydroxylation is 1. The van der Waals surface area contributed by atoms with Crippen LogP contribution in [0.2, 0.25) is 5.15 Å². The van der Waals surface area contributed by atoms with Crippen LogP contribution in [0.15, 0.2) is 10.6 Å². The highest BCUT2D eigenvalue weighted by Gasteiger charge is 2.29. The van der Waals surface area contributed by atoms with E-state index >= 15 is 0 Å². The van der Waals surface area contributed by atoms with Crippen molar-refractivity contribution in [1.82, 2.24) is 20.1 Å². The fourth-order valence-corrected chi connectivity index (χ4v) is 2.68. The minimum absolute atomic E-state index is 0.0339. The molecule has 2 N–H and O–H groups in total. The van der Waals surface area contributed by atoms with E-state index in [9.17, 15) is 0 Å². The van der Waals surface area contributed by atoms with Gasteiger partial charge in [0, 0.05) is 19.5 Å². The summed E-state index contributed by atoms with van der Waals surface area (Å²) in [7, 11) is 0. The van der Waals surface area contributed by atoms with Crippen molar-refractivity contribution < 1.29 is 4.52 Å². The summed E-state index contributed by atoms with van der Waals surface area (Å²) < 4.78 is 5.08. The quantitative estimate of drug-likeness (QED) is 0.848. The van der Waals surface area contributed by atoms with E-state index < -0.39 is 0 Å². The standard InChI is InChI=1S/C12H15ClN6O/c1-7-15-11(18-20-7)8-4-2-3-5-19(8)10-6-9(13)16-12(14)17-10/h6,8H,2-5H2,1H3,(H2,14,16,17)/t8-/m1/s1. The first-order chi connectivity index (χ1) is 9.63. The first-order valence-corrected chi connectivity index (χ1v) is 6.88. The lowest BCUT2D eigenvalue weighted by Crippen LogP contribution is -2.34. The van der Waals surface area contributed by atoms with Crippen LogP contribution in [-0.2, 0) is 0 Å². The molecule has 2 aromatic heterocycles. The van der Waals surface area contributed by atoms with Crippen molar-refractivity contribution in [2.24, 2.45) is 0 Å². The average molecular weight is 295 g/mol. The van der Waals surface area contributed by atoms with E-state index in [4.69, 9.17) is 21.9 Å². The maximum atomic E-state index is 5.96. The molecule has 0 amide bonds. The second kappa shape index (κ2) is 5.24. The van der Waals surface area contributed by atoms with E-state index in [2.05, 4.69) is 25.0 Å². The van der Waals surface area contributed by atoms with Crippen LogP contribution in [0.3, 0.4) is 0 Å². The molecule has 0 unspecified atom stereocenters. The second-order valence-corrected chi connectivity index (χ2v) is 5.17. The summed E-state index contributed by atoms with van der Waals surface area (Å²) >= 11 is 5.96. The molecule has 1 aliphatic rings. The lowest BCUT2D eigenvalue weighted by molar-refractivity contribution is 0.372. The number of nitrogens with two attached hydrogens (primary N) is 1. The molecule has 1 aliphatic heterocycles. The molecule has 0 radical (unpaired) electrons. The van der Waals surface area contributed by atoms with E-state index in [1.54, 1.807) is 13.0 Å². The van der Waals surface area contributed by atoms with E-state index in [-0.39, 0.29) is 12.0 Å². The van der Waals surface area contributed by atoms with Crippen molar-refractivity contribution in [2.75, 3.05) is 17.2 Å². The van der Waals surface area contributed by atoms with Crippen LogP contribution in [0.5, 0.6) is 0 Å². The van der Waals surface area contributed by atoms with Crippen LogP contribution in [-0.4, -0.2) is 26.7 Å². The lowest BCUT2D eigenvalue weighted by atomic mass is 10.0. The second-order valence-electron chi connectivity index (χ2n) is 4.78. The van der Waals surface area contributed by atoms with Gasteiger partial charge in [0.2, 0.25) is 11.8 Å². The van der Waals surface area contributed by atoms with Crippen molar-refractivity contribution >= 4 is 23.4 Å². The smallest absolute Gasteiger partial charge is 0.223 e. The number of piperidine rings is 1. The zero-order valence-corrected chi connectivity index (χ0v) is 11.8. The highest BCUT2D eigenvalue weighted by atomic mass is 35.5. The Morgan fingerprint density at radius 2 is 2.20 bits per heavy atom. The van der Waals surface area contributed by atoms with E-state index in [1.807, 2.05) is 0 Å². The molecule has 106 valence electrons. The van der Waals surface area contributed by atoms with Crippen LogP contribution >= 0.6 is 11.6 Å². The molecule has 0 saturated carbocycles. The molecule has 20 heavy (non-hydrogen) atoms. The zero-order chi connectivity index (χ0) is 14.1. The summed E-state index contributed by atoms with van der Waals surface area (Å²) in [6, 6.07) is 1.75. The molecule has 7 nitrogen and oxygen atoms in total. The van der Waals surface area contributed by atoms with Gasteiger partial charge < -0.3 is 15.2 Å². The molecule has 3 heterocycles. The van der Waals surface area contributed by atoms with Crippen molar-refractivity contribution in [2.45, 2.75) is 32.2 Å². The number of hydrogen-bond acceptors (Lipinski definition) is 7. The number of anilines is 2. The largest absolute Gasteiger partial charge is 0.368 e. The fourth-order valence-electron chi connectivity index (χ4n) is 2.49. The first-order valence-electron chi connectivity index (χ1n) is 6.50. The maximum absolute atomic E-state index is 5.96. The van der Waals surface area contributed by atoms with Gasteiger partial charge in [-0.1, -0.05) is 16.8 Å². The molecule has 1 fully saturated rings. The van der Waals surface area contributed by atoms with Crippen LogP contribution < -0.4 is 10.6 Å². The Morgan fingerprint density at radius 1 is 1.35 bits per heavy atom. The van der Waals surface area contributed by atoms with Gasteiger partial charge in [0.15, 0.2) is 5.82 Å². The summed E-state index contributed by atoms with van der Waals surface area (Å²) in [5.41, 5.74) is 5.67. The Hall–Kier alpha value is -1.89. The Kier molecular flexibility index (Phi) is 3.43. The SMILES string of the molecule is Cc1nc([C@H]2CCCCN2c2cc(Cl)nc(N)n2)no1. The van der Waals surface area contributed by atoms with Gasteiger partial charge in [0.25, 0.3) is 0 Å². The monoisotopic (exact) mass is 294 g/mol. The van der Waals surface area contributed by atoms with Crippen LogP contribution in [0, 0.1) is 6.92 Å². The van der Waals surface area contributed by atoms with Crippen molar-refractivity contribution in [3.05, 3.63) is 22.9 Å². The van der Waals surface area contributed by atoms with Gasteiger partial charge in [-0.3, -0.25) is 0 Å². The Bertz CT molecular complexity index is 595. The maximum Gasteiger partial charge on any atom is 0.223 e. The molecule has 1 saturated heterocycles. The Balaban J connectivity index is 1.96. The van der Waals surface area contributed by atoms with Crippen molar-refractivity contribution in [3.8, 4) is 0 Å². The normalized spacial score (nSPS) is 19.3. The molecule has 3 rings (SSSR count). The minimum Gasteiger partial charge on any atom is -0.368 e. The first kappa shape index (κ1) is 13.1. The Morgan fingerprint density at radius 3 is 2.90 bits per heavy atom. The predicted molar refractivity (Wildman–Crippen MR) is 74.4 cm³/mol. The van der Waals surface area contributed by atoms with Gasteiger partial charge in [-0.15, -0.1) is 0 Å². The number of nitrogens with zero attached hydrogens (tertiary/aromatic N) is 5. The van der Waals surface area contributed by atoms with Gasteiger partial charge >= 0.3 is 0 Å². The molecule has 0 bridgehead atoms. The van der Waals surface area contributed by atoms with Crippen LogP contribution in [0.1, 0.15) is 37.0 Å². The highest BCUT2D eigenvalue weighted by Crippen LogP contribution is 2.33. The lowest BCUT2D eigenvalue weighted by Gasteiger charge is -2.34. The molecule has 8 heteroatoms. The fraction of sp³-hybridized carbons (Fsp3) is 0.500. The topological polar surface area (TPSA) is 94.0 Å². The zero-order valence-electron chi connectivity index (χ0n) is 11.1. The third-order valence-corrected chi connectivity index (χ3v) is 3.53. The summed E-state index contributed by atoms with van der Waals surface area (Å²) in [4.78, 5) is 14.6. The number of aromatic nitrogens is 4. The summed E-state index contributed by atoms with van der Waals surface area (Å²) in [6.07, 6.45) is 3.14. The van der Waals surface area contributed by atoms with Gasteiger partial charge in [-0.05, 0) is 19.3 Å². The number of hydrogen-bond donors (Lipinski definition) is 1. The van der Waals surface area contributed by atoms with Crippen LogP contribution in [0.25, 0.3) is 0 Å². The molecular weight excluding hydrogens is 280 g/mol. The third-order valence-electron chi connectivity index (χ3n) is 3.34. The predicted octanol–water partition coefficient (Wildman–Crippen LogP) is 2.14. The summed E-state index contributed by atoms with van der Waals surface area (Å²) in [5.74, 6) is 2.11. The molecule has 0 aliphatic carbocycles. The highest BCUT2D eigenvalue weighted by molar-refractivity contribution is 6.29. The van der Waals surface area contributed by atoms with E-state index in [1.165, 1.54) is 0 Å². The van der Waals surface area contributed by atoms with Crippen molar-refractivity contribution in [1.29, 1.82) is 0 Å². The van der Waals surface area contributed by atoms with E-state index in [0.29, 0.717) is 22.7 Å². The molecule has 0 aromatic carbocycles.